The molecule has 2 rings (SSSR count). The Bertz CT molecular complexity index is 667. The van der Waals surface area contributed by atoms with Gasteiger partial charge in [0.25, 0.3) is 0 Å². The Morgan fingerprint density at radius 3 is 2.55 bits per heavy atom. The standard InChI is InChI=1S/C13H11ClFN5/c1-8(9-2-4-10(15)5-3-9)19-20-13(16)11-6-17-7-12(14)18-11/h2-7H,1H3,(H2,16,20)/b19-8-. The molecule has 1 aromatic heterocycles. The highest BCUT2D eigenvalue weighted by Gasteiger charge is 2.02. The van der Waals surface area contributed by atoms with Crippen LogP contribution in [0.2, 0.25) is 5.15 Å². The van der Waals surface area contributed by atoms with E-state index in [-0.39, 0.29) is 16.8 Å². The number of nitrogens with zero attached hydrogens (tertiary/aromatic N) is 4. The first-order valence-corrected chi connectivity index (χ1v) is 6.05. The lowest BCUT2D eigenvalue weighted by molar-refractivity contribution is 0.628. The van der Waals surface area contributed by atoms with E-state index < -0.39 is 0 Å². The van der Waals surface area contributed by atoms with Gasteiger partial charge in [-0.3, -0.25) is 4.98 Å². The summed E-state index contributed by atoms with van der Waals surface area (Å²) in [6.45, 7) is 1.74. The Morgan fingerprint density at radius 2 is 1.90 bits per heavy atom. The van der Waals surface area contributed by atoms with Crippen molar-refractivity contribution < 1.29 is 4.39 Å². The van der Waals surface area contributed by atoms with Crippen molar-refractivity contribution in [2.24, 2.45) is 15.9 Å². The predicted octanol–water partition coefficient (Wildman–Crippen LogP) is 2.40. The van der Waals surface area contributed by atoms with Crippen molar-refractivity contribution in [1.29, 1.82) is 0 Å². The Balaban J connectivity index is 2.22. The lowest BCUT2D eigenvalue weighted by Gasteiger charge is -2.00. The normalized spacial score (nSPS) is 12.6. The molecular weight excluding hydrogens is 281 g/mol. The SMILES string of the molecule is C/C(=N/N=C(/N)c1cncc(Cl)n1)c1ccc(F)cc1. The minimum atomic E-state index is -0.307. The number of hydrogen-bond donors (Lipinski definition) is 1. The maximum atomic E-state index is 12.8. The highest BCUT2D eigenvalue weighted by atomic mass is 35.5. The molecule has 0 aliphatic rings. The van der Waals surface area contributed by atoms with E-state index in [0.29, 0.717) is 11.4 Å². The quantitative estimate of drug-likeness (QED) is 0.536. The van der Waals surface area contributed by atoms with Gasteiger partial charge in [0.2, 0.25) is 0 Å². The summed E-state index contributed by atoms with van der Waals surface area (Å²) in [6.07, 6.45) is 2.83. The number of halogens is 2. The van der Waals surface area contributed by atoms with E-state index in [1.165, 1.54) is 24.5 Å². The summed E-state index contributed by atoms with van der Waals surface area (Å²) < 4.78 is 12.8. The summed E-state index contributed by atoms with van der Waals surface area (Å²) >= 11 is 5.71. The molecule has 2 N–H and O–H groups in total. The van der Waals surface area contributed by atoms with Gasteiger partial charge in [0, 0.05) is 0 Å². The van der Waals surface area contributed by atoms with Crippen molar-refractivity contribution in [2.45, 2.75) is 6.92 Å². The van der Waals surface area contributed by atoms with Crippen LogP contribution in [0.5, 0.6) is 0 Å². The van der Waals surface area contributed by atoms with Crippen LogP contribution in [-0.2, 0) is 0 Å². The van der Waals surface area contributed by atoms with Crippen LogP contribution in [0.4, 0.5) is 4.39 Å². The van der Waals surface area contributed by atoms with Gasteiger partial charge in [-0.2, -0.15) is 5.10 Å². The molecule has 0 aliphatic carbocycles. The highest BCUT2D eigenvalue weighted by Crippen LogP contribution is 2.05. The lowest BCUT2D eigenvalue weighted by atomic mass is 10.1. The summed E-state index contributed by atoms with van der Waals surface area (Å²) in [5.74, 6) is -0.208. The number of hydrogen-bond acceptors (Lipinski definition) is 4. The first-order chi connectivity index (χ1) is 9.56. The first-order valence-electron chi connectivity index (χ1n) is 5.68. The molecule has 0 saturated heterocycles. The van der Waals surface area contributed by atoms with Gasteiger partial charge in [-0.1, -0.05) is 23.7 Å². The molecule has 0 spiro atoms. The highest BCUT2D eigenvalue weighted by molar-refractivity contribution is 6.29. The fourth-order valence-electron chi connectivity index (χ4n) is 1.39. The third-order valence-electron chi connectivity index (χ3n) is 2.44. The molecule has 0 radical (unpaired) electrons. The van der Waals surface area contributed by atoms with Crippen LogP contribution in [-0.4, -0.2) is 21.5 Å². The van der Waals surface area contributed by atoms with Crippen LogP contribution in [0.1, 0.15) is 18.2 Å². The van der Waals surface area contributed by atoms with Gasteiger partial charge < -0.3 is 5.73 Å². The van der Waals surface area contributed by atoms with Crippen LogP contribution < -0.4 is 5.73 Å². The third-order valence-corrected chi connectivity index (χ3v) is 2.62. The minimum absolute atomic E-state index is 0.0986. The topological polar surface area (TPSA) is 76.5 Å². The van der Waals surface area contributed by atoms with Crippen molar-refractivity contribution in [3.8, 4) is 0 Å². The summed E-state index contributed by atoms with van der Waals surface area (Å²) in [5, 5.41) is 8.06. The molecule has 102 valence electrons. The summed E-state index contributed by atoms with van der Waals surface area (Å²) in [7, 11) is 0. The van der Waals surface area contributed by atoms with Crippen molar-refractivity contribution >= 4 is 23.1 Å². The first kappa shape index (κ1) is 14.1. The van der Waals surface area contributed by atoms with Crippen LogP contribution in [0.3, 0.4) is 0 Å². The lowest BCUT2D eigenvalue weighted by Crippen LogP contribution is -2.15. The number of benzene rings is 1. The summed E-state index contributed by atoms with van der Waals surface area (Å²) in [4.78, 5) is 7.82. The van der Waals surface area contributed by atoms with Crippen molar-refractivity contribution in [3.63, 3.8) is 0 Å². The molecule has 5 nitrogen and oxygen atoms in total. The molecular formula is C13H11ClFN5. The monoisotopic (exact) mass is 291 g/mol. The molecule has 0 atom stereocenters. The number of rotatable bonds is 3. The van der Waals surface area contributed by atoms with E-state index in [2.05, 4.69) is 20.2 Å². The van der Waals surface area contributed by atoms with E-state index in [4.69, 9.17) is 17.3 Å². The van der Waals surface area contributed by atoms with Crippen LogP contribution in [0, 0.1) is 5.82 Å². The van der Waals surface area contributed by atoms with Crippen LogP contribution >= 0.6 is 11.6 Å². The van der Waals surface area contributed by atoms with E-state index in [1.807, 2.05) is 0 Å². The zero-order chi connectivity index (χ0) is 14.5. The van der Waals surface area contributed by atoms with Crippen molar-refractivity contribution in [2.75, 3.05) is 0 Å². The molecule has 0 aliphatic heterocycles. The van der Waals surface area contributed by atoms with Crippen molar-refractivity contribution in [3.05, 3.63) is 58.9 Å². The Labute approximate surface area is 120 Å². The molecule has 0 saturated carbocycles. The second-order valence-corrected chi connectivity index (χ2v) is 4.29. The molecule has 0 unspecified atom stereocenters. The van der Waals surface area contributed by atoms with E-state index >= 15 is 0 Å². The largest absolute Gasteiger partial charge is 0.380 e. The second kappa shape index (κ2) is 6.21. The summed E-state index contributed by atoms with van der Waals surface area (Å²) in [5.41, 5.74) is 7.43. The molecule has 0 amide bonds. The van der Waals surface area contributed by atoms with Gasteiger partial charge in [-0.05, 0) is 24.6 Å². The smallest absolute Gasteiger partial charge is 0.173 e. The number of amidine groups is 1. The number of aromatic nitrogens is 2. The van der Waals surface area contributed by atoms with E-state index in [1.54, 1.807) is 19.1 Å². The zero-order valence-corrected chi connectivity index (χ0v) is 11.3. The maximum Gasteiger partial charge on any atom is 0.173 e. The van der Waals surface area contributed by atoms with E-state index in [9.17, 15) is 4.39 Å². The molecule has 0 fully saturated rings. The minimum Gasteiger partial charge on any atom is -0.380 e. The average Bonchev–Trinajstić information content (AvgIpc) is 2.45. The third kappa shape index (κ3) is 3.58. The number of nitrogens with two attached hydrogens (primary N) is 1. The molecule has 2 aromatic rings. The molecule has 20 heavy (non-hydrogen) atoms. The molecule has 7 heteroatoms. The van der Waals surface area contributed by atoms with Gasteiger partial charge in [-0.15, -0.1) is 5.10 Å². The molecule has 1 aromatic carbocycles. The van der Waals surface area contributed by atoms with Crippen molar-refractivity contribution in [1.82, 2.24) is 9.97 Å². The van der Waals surface area contributed by atoms with Gasteiger partial charge in [-0.25, -0.2) is 9.37 Å². The molecule has 0 bridgehead atoms. The molecule has 1 heterocycles. The van der Waals surface area contributed by atoms with Gasteiger partial charge in [0.1, 0.15) is 16.7 Å². The fraction of sp³-hybridized carbons (Fsp3) is 0.0769. The predicted molar refractivity (Wildman–Crippen MR) is 76.4 cm³/mol. The second-order valence-electron chi connectivity index (χ2n) is 3.90. The fourth-order valence-corrected chi connectivity index (χ4v) is 1.54. The van der Waals surface area contributed by atoms with Gasteiger partial charge >= 0.3 is 0 Å². The van der Waals surface area contributed by atoms with Crippen LogP contribution in [0.15, 0.2) is 46.9 Å². The van der Waals surface area contributed by atoms with Crippen LogP contribution in [0.25, 0.3) is 0 Å². The summed E-state index contributed by atoms with van der Waals surface area (Å²) in [6, 6.07) is 5.92. The Hall–Kier alpha value is -2.34. The van der Waals surface area contributed by atoms with Gasteiger partial charge in [0.15, 0.2) is 5.84 Å². The Morgan fingerprint density at radius 1 is 1.20 bits per heavy atom. The average molecular weight is 292 g/mol. The maximum absolute atomic E-state index is 12.8. The van der Waals surface area contributed by atoms with Gasteiger partial charge in [0.05, 0.1) is 18.1 Å². The van der Waals surface area contributed by atoms with E-state index in [0.717, 1.165) is 5.56 Å². The zero-order valence-electron chi connectivity index (χ0n) is 10.6. The Kier molecular flexibility index (Phi) is 4.37.